The lowest BCUT2D eigenvalue weighted by atomic mass is 9.98. The van der Waals surface area contributed by atoms with E-state index < -0.39 is 5.82 Å². The van der Waals surface area contributed by atoms with Gasteiger partial charge in [-0.2, -0.15) is 9.97 Å². The van der Waals surface area contributed by atoms with E-state index in [0.29, 0.717) is 83.8 Å². The van der Waals surface area contributed by atoms with Crippen LogP contribution in [0.2, 0.25) is 0 Å². The molecule has 2 atom stereocenters. The summed E-state index contributed by atoms with van der Waals surface area (Å²) >= 11 is 0. The summed E-state index contributed by atoms with van der Waals surface area (Å²) in [5, 5.41) is 14.6. The number of benzene rings is 2. The van der Waals surface area contributed by atoms with Gasteiger partial charge >= 0.3 is 0 Å². The molecule has 0 unspecified atom stereocenters. The third-order valence-corrected chi connectivity index (χ3v) is 9.98. The summed E-state index contributed by atoms with van der Waals surface area (Å²) < 4.78 is 28.8. The number of phenols is 1. The SMILES string of the molecule is C#Cc1c(F)ccc2cc(O)cc(Cn3cnc4c(OCC5(CN6C[C@H]7COC[C@H]7C6)CC5)nc(N5CCNC(=O)CC5)nc43)c12. The number of fused-ring (bicyclic) bond motifs is 3. The number of carbonyl (C=O) groups is 1. The van der Waals surface area contributed by atoms with Gasteiger partial charge in [-0.3, -0.25) is 4.79 Å². The average molecular weight is 626 g/mol. The molecule has 1 aliphatic carbocycles. The predicted octanol–water partition coefficient (Wildman–Crippen LogP) is 2.92. The number of aromatic nitrogens is 4. The first-order chi connectivity index (χ1) is 22.4. The third-order valence-electron chi connectivity index (χ3n) is 9.98. The van der Waals surface area contributed by atoms with Crippen molar-refractivity contribution < 1.29 is 23.8 Å². The molecular formula is C34H36FN7O4. The Morgan fingerprint density at radius 3 is 2.78 bits per heavy atom. The predicted molar refractivity (Wildman–Crippen MR) is 169 cm³/mol. The second-order valence-electron chi connectivity index (χ2n) is 13.3. The molecule has 0 spiro atoms. The largest absolute Gasteiger partial charge is 0.508 e. The van der Waals surface area contributed by atoms with Gasteiger partial charge in [-0.15, -0.1) is 6.42 Å². The van der Waals surface area contributed by atoms with E-state index in [2.05, 4.69) is 21.1 Å². The van der Waals surface area contributed by atoms with Gasteiger partial charge in [0.1, 0.15) is 11.6 Å². The number of hydrogen-bond acceptors (Lipinski definition) is 9. The van der Waals surface area contributed by atoms with E-state index in [4.69, 9.17) is 25.9 Å². The number of anilines is 1. The maximum atomic E-state index is 14.8. The van der Waals surface area contributed by atoms with Crippen LogP contribution in [-0.4, -0.2) is 94.5 Å². The minimum atomic E-state index is -0.499. The highest BCUT2D eigenvalue weighted by atomic mass is 19.1. The quantitative estimate of drug-likeness (QED) is 0.285. The molecule has 5 heterocycles. The first kappa shape index (κ1) is 29.0. The van der Waals surface area contributed by atoms with Crippen molar-refractivity contribution in [1.82, 2.24) is 29.7 Å². The molecule has 3 saturated heterocycles. The summed E-state index contributed by atoms with van der Waals surface area (Å²) in [6, 6.07) is 6.09. The lowest BCUT2D eigenvalue weighted by Gasteiger charge is -2.24. The van der Waals surface area contributed by atoms with Crippen molar-refractivity contribution in [2.24, 2.45) is 17.3 Å². The van der Waals surface area contributed by atoms with Crippen LogP contribution >= 0.6 is 0 Å². The zero-order valence-electron chi connectivity index (χ0n) is 25.5. The van der Waals surface area contributed by atoms with E-state index in [1.165, 1.54) is 6.07 Å². The Bertz CT molecular complexity index is 1870. The van der Waals surface area contributed by atoms with Gasteiger partial charge in [0, 0.05) is 68.3 Å². The number of halogens is 1. The number of nitrogens with one attached hydrogen (secondary N) is 1. The van der Waals surface area contributed by atoms with Crippen LogP contribution in [0.4, 0.5) is 10.3 Å². The summed E-state index contributed by atoms with van der Waals surface area (Å²) in [5.41, 5.74) is 1.91. The molecule has 11 nitrogen and oxygen atoms in total. The number of hydrogen-bond donors (Lipinski definition) is 2. The van der Waals surface area contributed by atoms with Crippen molar-refractivity contribution in [3.8, 4) is 24.0 Å². The molecule has 0 bridgehead atoms. The Hall–Kier alpha value is -4.47. The zero-order valence-corrected chi connectivity index (χ0v) is 25.5. The summed E-state index contributed by atoms with van der Waals surface area (Å²) in [4.78, 5) is 31.1. The molecule has 4 aliphatic rings. The summed E-state index contributed by atoms with van der Waals surface area (Å²) in [6.07, 6.45) is 9.92. The first-order valence-corrected chi connectivity index (χ1v) is 16.0. The number of terminal acetylenes is 1. The van der Waals surface area contributed by atoms with E-state index in [0.717, 1.165) is 45.7 Å². The van der Waals surface area contributed by atoms with E-state index >= 15 is 0 Å². The number of likely N-dealkylation sites (tertiary alicyclic amines) is 1. The maximum absolute atomic E-state index is 14.8. The Balaban J connectivity index is 1.13. The Kier molecular flexibility index (Phi) is 7.18. The number of aromatic hydroxyl groups is 1. The fourth-order valence-electron chi connectivity index (χ4n) is 7.33. The minimum Gasteiger partial charge on any atom is -0.508 e. The fourth-order valence-corrected chi connectivity index (χ4v) is 7.33. The summed E-state index contributed by atoms with van der Waals surface area (Å²) in [5.74, 6) is 4.15. The van der Waals surface area contributed by atoms with Crippen molar-refractivity contribution in [2.75, 3.05) is 64.0 Å². The van der Waals surface area contributed by atoms with Crippen LogP contribution in [0, 0.1) is 35.4 Å². The second-order valence-corrected chi connectivity index (χ2v) is 13.3. The van der Waals surface area contributed by atoms with Gasteiger partial charge in [0.15, 0.2) is 11.2 Å². The van der Waals surface area contributed by atoms with Crippen molar-refractivity contribution >= 4 is 33.8 Å². The van der Waals surface area contributed by atoms with Crippen LogP contribution in [0.5, 0.6) is 11.6 Å². The van der Waals surface area contributed by atoms with Gasteiger partial charge in [0.2, 0.25) is 17.7 Å². The van der Waals surface area contributed by atoms with Crippen LogP contribution < -0.4 is 15.0 Å². The Morgan fingerprint density at radius 1 is 1.17 bits per heavy atom. The average Bonchev–Trinajstić information content (AvgIpc) is 3.32. The molecule has 238 valence electrons. The zero-order chi connectivity index (χ0) is 31.4. The molecule has 12 heteroatoms. The highest BCUT2D eigenvalue weighted by Gasteiger charge is 2.48. The highest BCUT2D eigenvalue weighted by molar-refractivity contribution is 5.92. The number of ether oxygens (including phenoxy) is 2. The van der Waals surface area contributed by atoms with Crippen molar-refractivity contribution in [3.05, 3.63) is 47.5 Å². The van der Waals surface area contributed by atoms with Crippen LogP contribution in [0.1, 0.15) is 30.4 Å². The third kappa shape index (κ3) is 5.37. The number of carbonyl (C=O) groups excluding carboxylic acids is 1. The molecule has 0 radical (unpaired) electrons. The van der Waals surface area contributed by atoms with Crippen LogP contribution in [0.25, 0.3) is 21.9 Å². The first-order valence-electron chi connectivity index (χ1n) is 16.0. The molecule has 8 rings (SSSR count). The highest BCUT2D eigenvalue weighted by Crippen LogP contribution is 2.48. The van der Waals surface area contributed by atoms with Gasteiger partial charge in [0.05, 0.1) is 38.3 Å². The van der Waals surface area contributed by atoms with E-state index in [1.807, 2.05) is 9.47 Å². The number of amides is 1. The summed E-state index contributed by atoms with van der Waals surface area (Å²) in [7, 11) is 0. The molecule has 4 aromatic rings. The molecular weight excluding hydrogens is 589 g/mol. The molecule has 2 aromatic heterocycles. The summed E-state index contributed by atoms with van der Waals surface area (Å²) in [6.45, 7) is 7.14. The smallest absolute Gasteiger partial charge is 0.247 e. The molecule has 2 N–H and O–H groups in total. The normalized spacial score (nSPS) is 22.5. The Morgan fingerprint density at radius 2 is 2.00 bits per heavy atom. The molecule has 3 aliphatic heterocycles. The van der Waals surface area contributed by atoms with Crippen molar-refractivity contribution in [2.45, 2.75) is 25.8 Å². The number of phenolic OH excluding ortho intramolecular Hbond substituents is 1. The second kappa shape index (κ2) is 11.4. The molecule has 1 amide bonds. The van der Waals surface area contributed by atoms with Crippen molar-refractivity contribution in [1.29, 1.82) is 0 Å². The lowest BCUT2D eigenvalue weighted by molar-refractivity contribution is -0.120. The van der Waals surface area contributed by atoms with Gasteiger partial charge in [-0.1, -0.05) is 12.0 Å². The van der Waals surface area contributed by atoms with Crippen LogP contribution in [0.15, 0.2) is 30.6 Å². The van der Waals surface area contributed by atoms with Gasteiger partial charge < -0.3 is 34.3 Å². The van der Waals surface area contributed by atoms with E-state index in [1.54, 1.807) is 24.5 Å². The monoisotopic (exact) mass is 625 g/mol. The standard InChI is InChI=1S/C34H36FN7O4/c1-2-26-27(35)4-3-21-11-25(43)12-22(29(21)26)15-42-20-37-30-31(42)38-33(41-9-5-28(44)36-8-10-41)39-32(30)46-19-34(6-7-34)18-40-13-23-16-45-17-24(23)14-40/h1,3-4,11-12,20,23-24,43H,5-10,13-19H2,(H,36,44)/t23-,24+. The van der Waals surface area contributed by atoms with E-state index in [-0.39, 0.29) is 29.2 Å². The Labute approximate surface area is 265 Å². The molecule has 4 fully saturated rings. The van der Waals surface area contributed by atoms with Crippen molar-refractivity contribution in [3.63, 3.8) is 0 Å². The maximum Gasteiger partial charge on any atom is 0.247 e. The lowest BCUT2D eigenvalue weighted by Crippen LogP contribution is -2.33. The number of nitrogens with zero attached hydrogens (tertiary/aromatic N) is 6. The topological polar surface area (TPSA) is 118 Å². The minimum absolute atomic E-state index is 0.00861. The van der Waals surface area contributed by atoms with E-state index in [9.17, 15) is 14.3 Å². The molecule has 46 heavy (non-hydrogen) atoms. The van der Waals surface area contributed by atoms with Gasteiger partial charge in [0.25, 0.3) is 0 Å². The van der Waals surface area contributed by atoms with Crippen LogP contribution in [-0.2, 0) is 16.1 Å². The number of imidazole rings is 1. The molecule has 2 aromatic carbocycles. The van der Waals surface area contributed by atoms with Gasteiger partial charge in [-0.05, 0) is 42.0 Å². The van der Waals surface area contributed by atoms with Crippen LogP contribution in [0.3, 0.4) is 0 Å². The fraction of sp³-hybridized carbons (Fsp3) is 0.471. The molecule has 1 saturated carbocycles. The van der Waals surface area contributed by atoms with Gasteiger partial charge in [-0.25, -0.2) is 9.37 Å². The number of rotatable bonds is 8.